The smallest absolute Gasteiger partial charge is 0.381 e. The first-order chi connectivity index (χ1) is 18.1. The van der Waals surface area contributed by atoms with Crippen LogP contribution in [0.3, 0.4) is 0 Å². The molecule has 1 saturated heterocycles. The third-order valence-corrected chi connectivity index (χ3v) is 6.21. The lowest BCUT2D eigenvalue weighted by molar-refractivity contribution is -0.138. The van der Waals surface area contributed by atoms with E-state index in [1.165, 1.54) is 30.6 Å². The number of carbonyl (C=O) groups is 1. The molecule has 7 nitrogen and oxygen atoms in total. The standard InChI is InChI=1S/C27H26F4N6O/c1-2-36-9-11-37(12-10-36)17-21-6-5-20(15-22(21)27(29,30)31)26(38)35-24-14-18(7-8-33-24)3-4-19-13-23(28)25(32)34-16-19/h5-8,13-16H,2,9-12,17H2,1H3,(H2,32,34)(H,33,35,38). The second-order valence-corrected chi connectivity index (χ2v) is 8.81. The number of nitrogens with two attached hydrogens (primary N) is 1. The van der Waals surface area contributed by atoms with Crippen LogP contribution in [0.2, 0.25) is 0 Å². The maximum Gasteiger partial charge on any atom is 0.416 e. The zero-order chi connectivity index (χ0) is 27.3. The van der Waals surface area contributed by atoms with E-state index in [1.54, 1.807) is 6.07 Å². The Morgan fingerprint density at radius 2 is 1.74 bits per heavy atom. The molecule has 0 saturated carbocycles. The zero-order valence-corrected chi connectivity index (χ0v) is 20.6. The molecule has 4 rings (SSSR count). The number of alkyl halides is 3. The number of amides is 1. The van der Waals surface area contributed by atoms with Gasteiger partial charge in [-0.05, 0) is 42.4 Å². The summed E-state index contributed by atoms with van der Waals surface area (Å²) in [5.74, 6) is 3.97. The van der Waals surface area contributed by atoms with E-state index in [4.69, 9.17) is 5.73 Å². The fourth-order valence-electron chi connectivity index (χ4n) is 4.05. The van der Waals surface area contributed by atoms with Crippen molar-refractivity contribution in [2.45, 2.75) is 19.6 Å². The number of pyridine rings is 2. The third kappa shape index (κ3) is 6.85. The van der Waals surface area contributed by atoms with Gasteiger partial charge in [0.25, 0.3) is 5.91 Å². The average Bonchev–Trinajstić information content (AvgIpc) is 2.89. The number of aromatic nitrogens is 2. The minimum absolute atomic E-state index is 0.106. The minimum Gasteiger partial charge on any atom is -0.381 e. The number of hydrogen-bond donors (Lipinski definition) is 2. The van der Waals surface area contributed by atoms with Gasteiger partial charge in [-0.25, -0.2) is 14.4 Å². The third-order valence-electron chi connectivity index (χ3n) is 6.21. The van der Waals surface area contributed by atoms with Crippen molar-refractivity contribution in [2.75, 3.05) is 43.8 Å². The van der Waals surface area contributed by atoms with Crippen LogP contribution >= 0.6 is 0 Å². The molecule has 3 N–H and O–H groups in total. The molecule has 2 aromatic heterocycles. The second kappa shape index (κ2) is 11.6. The molecule has 0 bridgehead atoms. The quantitative estimate of drug-likeness (QED) is 0.386. The van der Waals surface area contributed by atoms with Gasteiger partial charge >= 0.3 is 6.18 Å². The lowest BCUT2D eigenvalue weighted by atomic mass is 10.0. The number of piperazine rings is 1. The van der Waals surface area contributed by atoms with Gasteiger partial charge in [0.1, 0.15) is 5.82 Å². The Labute approximate surface area is 217 Å². The Hall–Kier alpha value is -4.01. The highest BCUT2D eigenvalue weighted by molar-refractivity contribution is 6.04. The molecule has 198 valence electrons. The Morgan fingerprint density at radius 3 is 2.42 bits per heavy atom. The van der Waals surface area contributed by atoms with Crippen molar-refractivity contribution in [3.63, 3.8) is 0 Å². The first kappa shape index (κ1) is 27.0. The van der Waals surface area contributed by atoms with Crippen molar-refractivity contribution in [2.24, 2.45) is 0 Å². The average molecular weight is 527 g/mol. The first-order valence-electron chi connectivity index (χ1n) is 12.0. The van der Waals surface area contributed by atoms with Crippen molar-refractivity contribution < 1.29 is 22.4 Å². The normalized spacial score (nSPS) is 14.6. The number of halogens is 4. The van der Waals surface area contributed by atoms with Gasteiger partial charge in [-0.2, -0.15) is 13.2 Å². The molecule has 1 fully saturated rings. The number of rotatable bonds is 5. The summed E-state index contributed by atoms with van der Waals surface area (Å²) in [6, 6.07) is 7.79. The molecular weight excluding hydrogens is 500 g/mol. The maximum atomic E-state index is 13.9. The number of nitrogen functional groups attached to an aromatic ring is 1. The van der Waals surface area contributed by atoms with Gasteiger partial charge in [-0.3, -0.25) is 9.69 Å². The molecule has 11 heteroatoms. The van der Waals surface area contributed by atoms with E-state index in [0.29, 0.717) is 24.2 Å². The lowest BCUT2D eigenvalue weighted by Gasteiger charge is -2.34. The highest BCUT2D eigenvalue weighted by atomic mass is 19.4. The van der Waals surface area contributed by atoms with Crippen LogP contribution in [0.25, 0.3) is 0 Å². The fraction of sp³-hybridized carbons (Fsp3) is 0.296. The number of nitrogens with zero attached hydrogens (tertiary/aromatic N) is 4. The minimum atomic E-state index is -4.61. The van der Waals surface area contributed by atoms with Gasteiger partial charge in [0.2, 0.25) is 0 Å². The van der Waals surface area contributed by atoms with Gasteiger partial charge in [-0.1, -0.05) is 24.8 Å². The summed E-state index contributed by atoms with van der Waals surface area (Å²) in [5, 5.41) is 2.51. The molecule has 0 atom stereocenters. The summed E-state index contributed by atoms with van der Waals surface area (Å²) in [5.41, 5.74) is 5.25. The van der Waals surface area contributed by atoms with Gasteiger partial charge in [0.05, 0.1) is 5.56 Å². The molecule has 0 unspecified atom stereocenters. The second-order valence-electron chi connectivity index (χ2n) is 8.81. The van der Waals surface area contributed by atoms with Crippen LogP contribution < -0.4 is 11.1 Å². The fourth-order valence-corrected chi connectivity index (χ4v) is 4.05. The SMILES string of the molecule is CCN1CCN(Cc2ccc(C(=O)Nc3cc(C#Cc4cnc(N)c(F)c4)ccn3)cc2C(F)(F)F)CC1. The summed E-state index contributed by atoms with van der Waals surface area (Å²) in [7, 11) is 0. The van der Waals surface area contributed by atoms with E-state index in [1.807, 2.05) is 4.90 Å². The van der Waals surface area contributed by atoms with E-state index in [2.05, 4.69) is 38.9 Å². The molecule has 1 aliphatic heterocycles. The van der Waals surface area contributed by atoms with E-state index >= 15 is 0 Å². The van der Waals surface area contributed by atoms with E-state index in [-0.39, 0.29) is 29.3 Å². The number of anilines is 2. The summed E-state index contributed by atoms with van der Waals surface area (Å²) in [4.78, 5) is 24.8. The van der Waals surface area contributed by atoms with E-state index in [9.17, 15) is 22.4 Å². The Kier molecular flexibility index (Phi) is 8.24. The lowest BCUT2D eigenvalue weighted by Crippen LogP contribution is -2.45. The van der Waals surface area contributed by atoms with Crippen LogP contribution in [-0.4, -0.2) is 58.4 Å². The molecule has 38 heavy (non-hydrogen) atoms. The molecule has 1 amide bonds. The summed E-state index contributed by atoms with van der Waals surface area (Å²) >= 11 is 0. The van der Waals surface area contributed by atoms with Crippen LogP contribution in [0, 0.1) is 17.7 Å². The largest absolute Gasteiger partial charge is 0.416 e. The van der Waals surface area contributed by atoms with Crippen LogP contribution in [-0.2, 0) is 12.7 Å². The van der Waals surface area contributed by atoms with Crippen molar-refractivity contribution in [1.29, 1.82) is 0 Å². The Bertz CT molecular complexity index is 1370. The Balaban J connectivity index is 1.48. The number of likely N-dealkylation sites (N-methyl/N-ethyl adjacent to an activating group) is 1. The predicted octanol–water partition coefficient (Wildman–Crippen LogP) is 4.01. The van der Waals surface area contributed by atoms with Crippen LogP contribution in [0.1, 0.15) is 39.5 Å². The maximum absolute atomic E-state index is 13.9. The molecule has 1 aromatic carbocycles. The molecule has 0 aliphatic carbocycles. The van der Waals surface area contributed by atoms with E-state index < -0.39 is 23.5 Å². The van der Waals surface area contributed by atoms with Crippen molar-refractivity contribution in [1.82, 2.24) is 19.8 Å². The topological polar surface area (TPSA) is 87.4 Å². The molecular formula is C27H26F4N6O. The molecule has 3 heterocycles. The zero-order valence-electron chi connectivity index (χ0n) is 20.6. The summed E-state index contributed by atoms with van der Waals surface area (Å²) in [6.45, 7) is 6.11. The predicted molar refractivity (Wildman–Crippen MR) is 136 cm³/mol. The number of benzene rings is 1. The van der Waals surface area contributed by atoms with Crippen molar-refractivity contribution in [3.8, 4) is 11.8 Å². The van der Waals surface area contributed by atoms with Gasteiger partial charge in [0.15, 0.2) is 11.6 Å². The van der Waals surface area contributed by atoms with Crippen LogP contribution in [0.15, 0.2) is 48.8 Å². The van der Waals surface area contributed by atoms with Crippen molar-refractivity contribution in [3.05, 3.63) is 82.4 Å². The van der Waals surface area contributed by atoms with Gasteiger partial charge < -0.3 is 16.0 Å². The summed E-state index contributed by atoms with van der Waals surface area (Å²) in [6.07, 6.45) is -1.90. The number of carbonyl (C=O) groups excluding carboxylic acids is 1. The molecule has 0 spiro atoms. The van der Waals surface area contributed by atoms with E-state index in [0.717, 1.165) is 31.8 Å². The van der Waals surface area contributed by atoms with Crippen molar-refractivity contribution >= 4 is 17.5 Å². The number of hydrogen-bond acceptors (Lipinski definition) is 6. The molecule has 0 radical (unpaired) electrons. The number of nitrogens with one attached hydrogen (secondary N) is 1. The highest BCUT2D eigenvalue weighted by Crippen LogP contribution is 2.33. The van der Waals surface area contributed by atoms with Gasteiger partial charge in [-0.15, -0.1) is 0 Å². The highest BCUT2D eigenvalue weighted by Gasteiger charge is 2.34. The van der Waals surface area contributed by atoms with Crippen LogP contribution in [0.4, 0.5) is 29.2 Å². The van der Waals surface area contributed by atoms with Gasteiger partial charge in [0, 0.05) is 61.8 Å². The first-order valence-corrected chi connectivity index (χ1v) is 12.0. The van der Waals surface area contributed by atoms with Crippen LogP contribution in [0.5, 0.6) is 0 Å². The molecule has 1 aliphatic rings. The molecule has 3 aromatic rings. The monoisotopic (exact) mass is 526 g/mol. The Morgan fingerprint density at radius 1 is 1.03 bits per heavy atom. The summed E-state index contributed by atoms with van der Waals surface area (Å²) < 4.78 is 55.2.